The van der Waals surface area contributed by atoms with E-state index in [9.17, 15) is 8.42 Å². The van der Waals surface area contributed by atoms with E-state index in [2.05, 4.69) is 30.7 Å². The lowest BCUT2D eigenvalue weighted by atomic mass is 10.2. The van der Waals surface area contributed by atoms with E-state index in [4.69, 9.17) is 4.42 Å². The van der Waals surface area contributed by atoms with Gasteiger partial charge in [-0.2, -0.15) is 5.21 Å². The first-order chi connectivity index (χ1) is 9.95. The van der Waals surface area contributed by atoms with Gasteiger partial charge in [0, 0.05) is 12.1 Å². The molecule has 0 spiro atoms. The molecule has 0 unspecified atom stereocenters. The molecule has 0 fully saturated rings. The van der Waals surface area contributed by atoms with E-state index in [0.29, 0.717) is 23.6 Å². The molecule has 2 aromatic heterocycles. The molecule has 3 N–H and O–H groups in total. The SMILES string of the molecule is CCNCc1c(C)oc(C)c1S(=O)(=O)NCc1nn[nH]n1. The van der Waals surface area contributed by atoms with Gasteiger partial charge in [-0.1, -0.05) is 12.1 Å². The average Bonchev–Trinajstić information content (AvgIpc) is 3.02. The Morgan fingerprint density at radius 3 is 2.62 bits per heavy atom. The van der Waals surface area contributed by atoms with Crippen LogP contribution in [0, 0.1) is 13.8 Å². The highest BCUT2D eigenvalue weighted by Gasteiger charge is 2.26. The molecule has 0 bridgehead atoms. The van der Waals surface area contributed by atoms with Crippen molar-refractivity contribution in [3.63, 3.8) is 0 Å². The van der Waals surface area contributed by atoms with Crippen LogP contribution in [0.4, 0.5) is 0 Å². The number of nitrogens with one attached hydrogen (secondary N) is 3. The maximum absolute atomic E-state index is 12.5. The number of rotatable bonds is 7. The third-order valence-corrected chi connectivity index (χ3v) is 4.55. The van der Waals surface area contributed by atoms with Crippen molar-refractivity contribution < 1.29 is 12.8 Å². The van der Waals surface area contributed by atoms with Gasteiger partial charge in [0.25, 0.3) is 0 Å². The monoisotopic (exact) mass is 314 g/mol. The van der Waals surface area contributed by atoms with Crippen molar-refractivity contribution in [1.82, 2.24) is 30.7 Å². The zero-order valence-electron chi connectivity index (χ0n) is 12.1. The Kier molecular flexibility index (Phi) is 4.70. The second-order valence-electron chi connectivity index (χ2n) is 4.46. The van der Waals surface area contributed by atoms with E-state index in [1.807, 2.05) is 6.92 Å². The Bertz CT molecular complexity index is 692. The summed E-state index contributed by atoms with van der Waals surface area (Å²) in [6, 6.07) is 0. The van der Waals surface area contributed by atoms with Crippen LogP contribution in [-0.2, 0) is 23.1 Å². The molecule has 21 heavy (non-hydrogen) atoms. The number of aromatic nitrogens is 4. The number of sulfonamides is 1. The molecule has 0 saturated carbocycles. The summed E-state index contributed by atoms with van der Waals surface area (Å²) in [5.41, 5.74) is 0.634. The summed E-state index contributed by atoms with van der Waals surface area (Å²) >= 11 is 0. The molecule has 2 rings (SSSR count). The molecule has 0 aliphatic heterocycles. The smallest absolute Gasteiger partial charge is 0.244 e. The highest BCUT2D eigenvalue weighted by molar-refractivity contribution is 7.89. The molecule has 10 heteroatoms. The van der Waals surface area contributed by atoms with Crippen LogP contribution in [0.2, 0.25) is 0 Å². The van der Waals surface area contributed by atoms with Crippen LogP contribution in [-0.4, -0.2) is 35.6 Å². The van der Waals surface area contributed by atoms with Gasteiger partial charge in [-0.05, 0) is 20.4 Å². The lowest BCUT2D eigenvalue weighted by Gasteiger charge is -2.07. The van der Waals surface area contributed by atoms with Gasteiger partial charge in [0.15, 0.2) is 5.82 Å². The molecular formula is C11H18N6O3S. The second-order valence-corrected chi connectivity index (χ2v) is 6.16. The van der Waals surface area contributed by atoms with Gasteiger partial charge in [-0.3, -0.25) is 0 Å². The quantitative estimate of drug-likeness (QED) is 0.656. The molecule has 0 atom stereocenters. The van der Waals surface area contributed by atoms with Crippen molar-refractivity contribution in [2.24, 2.45) is 0 Å². The first-order valence-corrected chi connectivity index (χ1v) is 7.95. The van der Waals surface area contributed by atoms with Crippen LogP contribution in [0.15, 0.2) is 9.31 Å². The van der Waals surface area contributed by atoms with E-state index in [1.165, 1.54) is 0 Å². The van der Waals surface area contributed by atoms with Crippen molar-refractivity contribution in [2.45, 2.75) is 38.8 Å². The largest absolute Gasteiger partial charge is 0.465 e. The van der Waals surface area contributed by atoms with E-state index >= 15 is 0 Å². The Morgan fingerprint density at radius 1 is 1.24 bits per heavy atom. The standard InChI is InChI=1S/C11H18N6O3S/c1-4-12-5-9-7(2)20-8(3)11(9)21(18,19)13-6-10-14-16-17-15-10/h12-13H,4-6H2,1-3H3,(H,14,15,16,17). The number of furan rings is 1. The molecule has 2 heterocycles. The van der Waals surface area contributed by atoms with E-state index in [0.717, 1.165) is 6.54 Å². The molecule has 0 amide bonds. The first kappa shape index (κ1) is 15.6. The number of aromatic amines is 1. The third kappa shape index (κ3) is 3.46. The predicted octanol–water partition coefficient (Wildman–Crippen LogP) is -0.00246. The summed E-state index contributed by atoms with van der Waals surface area (Å²) in [7, 11) is -3.71. The van der Waals surface area contributed by atoms with Crippen molar-refractivity contribution in [1.29, 1.82) is 0 Å². The molecule has 116 valence electrons. The van der Waals surface area contributed by atoms with Crippen LogP contribution < -0.4 is 10.0 Å². The fraction of sp³-hybridized carbons (Fsp3) is 0.545. The van der Waals surface area contributed by atoms with Crippen LogP contribution in [0.5, 0.6) is 0 Å². The molecule has 0 saturated heterocycles. The fourth-order valence-corrected chi connectivity index (χ4v) is 3.43. The molecule has 9 nitrogen and oxygen atoms in total. The third-order valence-electron chi connectivity index (χ3n) is 2.96. The van der Waals surface area contributed by atoms with Gasteiger partial charge in [-0.15, -0.1) is 10.2 Å². The van der Waals surface area contributed by atoms with Gasteiger partial charge >= 0.3 is 0 Å². The number of tetrazole rings is 1. The zero-order valence-corrected chi connectivity index (χ0v) is 12.9. The Hall–Kier alpha value is -1.78. The molecule has 0 aliphatic carbocycles. The summed E-state index contributed by atoms with van der Waals surface area (Å²) in [6.07, 6.45) is 0. The minimum absolute atomic E-state index is 0.0385. The van der Waals surface area contributed by atoms with Gasteiger partial charge in [-0.25, -0.2) is 13.1 Å². The summed E-state index contributed by atoms with van der Waals surface area (Å²) in [4.78, 5) is 0.171. The van der Waals surface area contributed by atoms with Crippen LogP contribution in [0.25, 0.3) is 0 Å². The van der Waals surface area contributed by atoms with Crippen LogP contribution >= 0.6 is 0 Å². The Balaban J connectivity index is 2.26. The topological polar surface area (TPSA) is 126 Å². The summed E-state index contributed by atoms with van der Waals surface area (Å²) in [6.45, 7) is 6.45. The minimum atomic E-state index is -3.71. The Morgan fingerprint density at radius 2 is 2.00 bits per heavy atom. The number of aryl methyl sites for hydroxylation is 2. The molecule has 2 aromatic rings. The molecule has 0 aliphatic rings. The number of hydrogen-bond donors (Lipinski definition) is 3. The van der Waals surface area contributed by atoms with Crippen molar-refractivity contribution in [3.8, 4) is 0 Å². The van der Waals surface area contributed by atoms with Crippen molar-refractivity contribution in [2.75, 3.05) is 6.54 Å². The van der Waals surface area contributed by atoms with E-state index < -0.39 is 10.0 Å². The summed E-state index contributed by atoms with van der Waals surface area (Å²) in [5, 5.41) is 16.2. The zero-order chi connectivity index (χ0) is 15.5. The Labute approximate surface area is 122 Å². The van der Waals surface area contributed by atoms with Crippen molar-refractivity contribution in [3.05, 3.63) is 22.9 Å². The van der Waals surface area contributed by atoms with Gasteiger partial charge < -0.3 is 9.73 Å². The molecular weight excluding hydrogens is 296 g/mol. The normalized spacial score (nSPS) is 12.0. The van der Waals surface area contributed by atoms with Gasteiger partial charge in [0.2, 0.25) is 10.0 Å². The lowest BCUT2D eigenvalue weighted by Crippen LogP contribution is -2.26. The van der Waals surface area contributed by atoms with Gasteiger partial charge in [0.05, 0.1) is 6.54 Å². The predicted molar refractivity (Wildman–Crippen MR) is 73.8 cm³/mol. The fourth-order valence-electron chi connectivity index (χ4n) is 2.01. The lowest BCUT2D eigenvalue weighted by molar-refractivity contribution is 0.493. The molecule has 0 radical (unpaired) electrons. The minimum Gasteiger partial charge on any atom is -0.465 e. The highest BCUT2D eigenvalue weighted by atomic mass is 32.2. The summed E-state index contributed by atoms with van der Waals surface area (Å²) in [5.74, 6) is 1.22. The van der Waals surface area contributed by atoms with Gasteiger partial charge in [0.1, 0.15) is 16.4 Å². The number of nitrogens with zero attached hydrogens (tertiary/aromatic N) is 3. The van der Waals surface area contributed by atoms with Crippen LogP contribution in [0.3, 0.4) is 0 Å². The maximum atomic E-state index is 12.5. The van der Waals surface area contributed by atoms with E-state index in [-0.39, 0.29) is 17.3 Å². The molecule has 0 aromatic carbocycles. The summed E-state index contributed by atoms with van der Waals surface area (Å²) < 4.78 is 32.8. The number of hydrogen-bond acceptors (Lipinski definition) is 7. The highest BCUT2D eigenvalue weighted by Crippen LogP contribution is 2.26. The maximum Gasteiger partial charge on any atom is 0.244 e. The first-order valence-electron chi connectivity index (χ1n) is 6.47. The van der Waals surface area contributed by atoms with E-state index in [1.54, 1.807) is 13.8 Å². The number of H-pyrrole nitrogens is 1. The van der Waals surface area contributed by atoms with Crippen molar-refractivity contribution >= 4 is 10.0 Å². The average molecular weight is 314 g/mol. The van der Waals surface area contributed by atoms with Crippen LogP contribution in [0.1, 0.15) is 29.8 Å². The second kappa shape index (κ2) is 6.33.